The lowest BCUT2D eigenvalue weighted by molar-refractivity contribution is -0.340. The molecule has 1 saturated heterocycles. The van der Waals surface area contributed by atoms with Gasteiger partial charge in [0.2, 0.25) is 0 Å². The Morgan fingerprint density at radius 2 is 1.45 bits per heavy atom. The average molecular weight is 305 g/mol. The minimum atomic E-state index is -0.940. The van der Waals surface area contributed by atoms with Crippen molar-refractivity contribution < 1.29 is 18.6 Å². The highest BCUT2D eigenvalue weighted by Crippen LogP contribution is 2.30. The Labute approximate surface area is 125 Å². The smallest absolute Gasteiger partial charge is 0.281 e. The molecule has 1 aliphatic rings. The SMILES string of the molecule is COC(C[SiH2]OC1CC(C)(C)NC(C)(C)C1)(OC)OC. The molecule has 1 N–H and O–H groups in total. The van der Waals surface area contributed by atoms with E-state index in [0.29, 0.717) is 12.1 Å². The maximum absolute atomic E-state index is 6.17. The highest BCUT2D eigenvalue weighted by Gasteiger charge is 2.38. The van der Waals surface area contributed by atoms with Crippen LogP contribution in [-0.2, 0) is 18.6 Å². The lowest BCUT2D eigenvalue weighted by Gasteiger charge is -2.46. The average Bonchev–Trinajstić information content (AvgIpc) is 2.31. The molecule has 1 aliphatic heterocycles. The third-order valence-corrected chi connectivity index (χ3v) is 5.37. The van der Waals surface area contributed by atoms with Crippen molar-refractivity contribution in [1.29, 1.82) is 0 Å². The molecule has 120 valence electrons. The van der Waals surface area contributed by atoms with E-state index in [9.17, 15) is 0 Å². The number of nitrogens with one attached hydrogen (secondary N) is 1. The Balaban J connectivity index is 2.49. The molecule has 1 rings (SSSR count). The fourth-order valence-corrected chi connectivity index (χ4v) is 4.80. The molecule has 0 unspecified atom stereocenters. The van der Waals surface area contributed by atoms with Gasteiger partial charge in [-0.2, -0.15) is 0 Å². The second kappa shape index (κ2) is 6.85. The summed E-state index contributed by atoms with van der Waals surface area (Å²) in [6.07, 6.45) is 2.36. The summed E-state index contributed by atoms with van der Waals surface area (Å²) in [5.74, 6) is -0.940. The molecule has 1 heterocycles. The van der Waals surface area contributed by atoms with Gasteiger partial charge in [-0.25, -0.2) is 0 Å². The van der Waals surface area contributed by atoms with Crippen LogP contribution in [0.5, 0.6) is 0 Å². The minimum absolute atomic E-state index is 0.113. The van der Waals surface area contributed by atoms with Gasteiger partial charge in [-0.05, 0) is 40.5 Å². The number of hydrogen-bond acceptors (Lipinski definition) is 5. The van der Waals surface area contributed by atoms with Crippen LogP contribution in [0.1, 0.15) is 40.5 Å². The van der Waals surface area contributed by atoms with Crippen molar-refractivity contribution in [3.05, 3.63) is 0 Å². The summed E-state index contributed by atoms with van der Waals surface area (Å²) in [6.45, 7) is 8.93. The Bertz CT molecular complexity index is 281. The number of hydrogen-bond donors (Lipinski definition) is 1. The molecular weight excluding hydrogens is 274 g/mol. The summed E-state index contributed by atoms with van der Waals surface area (Å²) >= 11 is 0. The van der Waals surface area contributed by atoms with Crippen LogP contribution >= 0.6 is 0 Å². The van der Waals surface area contributed by atoms with Crippen molar-refractivity contribution in [3.63, 3.8) is 0 Å². The topological polar surface area (TPSA) is 49.0 Å². The molecule has 0 spiro atoms. The third-order valence-electron chi connectivity index (χ3n) is 3.85. The van der Waals surface area contributed by atoms with Crippen LogP contribution in [0.4, 0.5) is 0 Å². The summed E-state index contributed by atoms with van der Waals surface area (Å²) in [5.41, 5.74) is 0.226. The van der Waals surface area contributed by atoms with Gasteiger partial charge < -0.3 is 24.0 Å². The van der Waals surface area contributed by atoms with E-state index in [-0.39, 0.29) is 11.1 Å². The molecule has 0 aromatic rings. The van der Waals surface area contributed by atoms with Gasteiger partial charge in [0.25, 0.3) is 5.97 Å². The largest absolute Gasteiger partial charge is 0.421 e. The molecule has 20 heavy (non-hydrogen) atoms. The highest BCUT2D eigenvalue weighted by molar-refractivity contribution is 6.27. The fourth-order valence-electron chi connectivity index (χ4n) is 3.25. The molecular formula is C14H31NO4Si. The van der Waals surface area contributed by atoms with Gasteiger partial charge in [0.1, 0.15) is 0 Å². The normalized spacial score (nSPS) is 23.6. The molecule has 0 radical (unpaired) electrons. The summed E-state index contributed by atoms with van der Waals surface area (Å²) in [5, 5.41) is 3.66. The van der Waals surface area contributed by atoms with Crippen LogP contribution in [-0.4, -0.2) is 54.2 Å². The second-order valence-electron chi connectivity index (χ2n) is 6.84. The van der Waals surface area contributed by atoms with E-state index in [1.54, 1.807) is 21.3 Å². The van der Waals surface area contributed by atoms with Gasteiger partial charge >= 0.3 is 0 Å². The number of rotatable bonds is 7. The summed E-state index contributed by atoms with van der Waals surface area (Å²) in [4.78, 5) is 0. The predicted molar refractivity (Wildman–Crippen MR) is 82.5 cm³/mol. The number of methoxy groups -OCH3 is 3. The summed E-state index contributed by atoms with van der Waals surface area (Å²) in [6, 6.07) is 0.682. The monoisotopic (exact) mass is 305 g/mol. The molecule has 0 atom stereocenters. The molecule has 5 nitrogen and oxygen atoms in total. The van der Waals surface area contributed by atoms with Crippen molar-refractivity contribution in [3.8, 4) is 0 Å². The number of piperidine rings is 1. The van der Waals surface area contributed by atoms with E-state index in [4.69, 9.17) is 18.6 Å². The van der Waals surface area contributed by atoms with Crippen molar-refractivity contribution in [2.24, 2.45) is 0 Å². The van der Waals surface area contributed by atoms with Crippen LogP contribution in [0, 0.1) is 0 Å². The zero-order valence-electron chi connectivity index (χ0n) is 14.0. The molecule has 0 aromatic carbocycles. The Morgan fingerprint density at radius 1 is 1.00 bits per heavy atom. The van der Waals surface area contributed by atoms with E-state index in [1.807, 2.05) is 0 Å². The second-order valence-corrected chi connectivity index (χ2v) is 8.08. The van der Waals surface area contributed by atoms with Gasteiger partial charge in [-0.15, -0.1) is 0 Å². The lowest BCUT2D eigenvalue weighted by atomic mass is 9.81. The van der Waals surface area contributed by atoms with Gasteiger partial charge in [-0.3, -0.25) is 0 Å². The number of ether oxygens (including phenoxy) is 3. The first-order valence-corrected chi connectivity index (χ1v) is 8.82. The molecule has 1 fully saturated rings. The van der Waals surface area contributed by atoms with E-state index in [2.05, 4.69) is 33.0 Å². The standard InChI is InChI=1S/C14H31NO4Si/c1-12(2)8-11(9-13(3,4)15-12)19-20-10-14(16-5,17-6)18-7/h11,15H,8-10,20H2,1-7H3. The van der Waals surface area contributed by atoms with Crippen LogP contribution in [0.2, 0.25) is 6.04 Å². The van der Waals surface area contributed by atoms with Crippen LogP contribution in [0.25, 0.3) is 0 Å². The zero-order valence-corrected chi connectivity index (χ0v) is 15.5. The first-order chi connectivity index (χ1) is 9.17. The molecule has 0 bridgehead atoms. The van der Waals surface area contributed by atoms with Gasteiger partial charge in [0, 0.05) is 44.6 Å². The summed E-state index contributed by atoms with van der Waals surface area (Å²) in [7, 11) is 4.02. The molecule has 6 heteroatoms. The molecule has 0 saturated carbocycles. The highest BCUT2D eigenvalue weighted by atomic mass is 28.2. The summed E-state index contributed by atoms with van der Waals surface area (Å²) < 4.78 is 22.1. The third kappa shape index (κ3) is 5.09. The van der Waals surface area contributed by atoms with E-state index < -0.39 is 15.7 Å². The molecule has 0 amide bonds. The van der Waals surface area contributed by atoms with E-state index >= 15 is 0 Å². The molecule has 0 aromatic heterocycles. The first kappa shape index (κ1) is 18.1. The zero-order chi connectivity index (χ0) is 15.4. The van der Waals surface area contributed by atoms with Crippen molar-refractivity contribution in [2.75, 3.05) is 21.3 Å². The van der Waals surface area contributed by atoms with Gasteiger partial charge in [0.15, 0.2) is 9.76 Å². The Hall–Kier alpha value is 0.0169. The van der Waals surface area contributed by atoms with E-state index in [0.717, 1.165) is 12.8 Å². The first-order valence-electron chi connectivity index (χ1n) is 7.24. The predicted octanol–water partition coefficient (Wildman–Crippen LogP) is 1.41. The van der Waals surface area contributed by atoms with Gasteiger partial charge in [0.05, 0.1) is 0 Å². The van der Waals surface area contributed by atoms with Crippen LogP contribution in [0.3, 0.4) is 0 Å². The molecule has 0 aliphatic carbocycles. The van der Waals surface area contributed by atoms with Crippen molar-refractivity contribution >= 4 is 9.76 Å². The van der Waals surface area contributed by atoms with Crippen molar-refractivity contribution in [1.82, 2.24) is 5.32 Å². The van der Waals surface area contributed by atoms with Crippen molar-refractivity contribution in [2.45, 2.75) is 69.7 Å². The minimum Gasteiger partial charge on any atom is -0.421 e. The quantitative estimate of drug-likeness (QED) is 0.569. The van der Waals surface area contributed by atoms with Crippen LogP contribution in [0.15, 0.2) is 0 Å². The van der Waals surface area contributed by atoms with E-state index in [1.165, 1.54) is 0 Å². The maximum Gasteiger partial charge on any atom is 0.281 e. The lowest BCUT2D eigenvalue weighted by Crippen LogP contribution is -2.59. The maximum atomic E-state index is 6.17. The van der Waals surface area contributed by atoms with Crippen LogP contribution < -0.4 is 5.32 Å². The Kier molecular flexibility index (Phi) is 6.19. The van der Waals surface area contributed by atoms with Gasteiger partial charge in [-0.1, -0.05) is 0 Å². The fraction of sp³-hybridized carbons (Fsp3) is 1.00. The Morgan fingerprint density at radius 3 is 1.85 bits per heavy atom.